The SMILES string of the molecule is C=C(OC)c1ccc(CC)cc1.[HH]. The minimum atomic E-state index is 0. The molecule has 0 aliphatic carbocycles. The van der Waals surface area contributed by atoms with Gasteiger partial charge in [0.2, 0.25) is 0 Å². The molecular weight excluding hydrogens is 148 g/mol. The van der Waals surface area contributed by atoms with Crippen LogP contribution in [0.3, 0.4) is 0 Å². The van der Waals surface area contributed by atoms with Crippen molar-refractivity contribution in [3.05, 3.63) is 42.0 Å². The lowest BCUT2D eigenvalue weighted by atomic mass is 10.1. The van der Waals surface area contributed by atoms with Gasteiger partial charge in [0, 0.05) is 6.99 Å². The van der Waals surface area contributed by atoms with Gasteiger partial charge in [-0.2, -0.15) is 0 Å². The molecule has 66 valence electrons. The highest BCUT2D eigenvalue weighted by Crippen LogP contribution is 2.13. The third-order valence-electron chi connectivity index (χ3n) is 1.93. The first-order chi connectivity index (χ1) is 5.77. The Morgan fingerprint density at radius 1 is 1.42 bits per heavy atom. The highest BCUT2D eigenvalue weighted by atomic mass is 16.5. The van der Waals surface area contributed by atoms with E-state index in [0.717, 1.165) is 17.7 Å². The van der Waals surface area contributed by atoms with E-state index >= 15 is 0 Å². The summed E-state index contributed by atoms with van der Waals surface area (Å²) in [7, 11) is 1.63. The van der Waals surface area contributed by atoms with E-state index in [9.17, 15) is 0 Å². The van der Waals surface area contributed by atoms with Crippen LogP contribution in [0.15, 0.2) is 30.8 Å². The van der Waals surface area contributed by atoms with Crippen molar-refractivity contribution in [1.82, 2.24) is 0 Å². The molecule has 0 saturated heterocycles. The molecule has 1 aromatic rings. The quantitative estimate of drug-likeness (QED) is 0.624. The van der Waals surface area contributed by atoms with Gasteiger partial charge in [-0.05, 0) is 12.0 Å². The molecule has 0 unspecified atom stereocenters. The maximum atomic E-state index is 5.02. The molecule has 0 aromatic heterocycles. The van der Waals surface area contributed by atoms with Crippen molar-refractivity contribution in [2.24, 2.45) is 0 Å². The minimum Gasteiger partial charge on any atom is -0.497 e. The first-order valence-electron chi connectivity index (χ1n) is 4.10. The monoisotopic (exact) mass is 164 g/mol. The van der Waals surface area contributed by atoms with Gasteiger partial charge in [-0.25, -0.2) is 0 Å². The van der Waals surface area contributed by atoms with Crippen LogP contribution in [0.25, 0.3) is 5.76 Å². The van der Waals surface area contributed by atoms with Gasteiger partial charge in [0.25, 0.3) is 0 Å². The van der Waals surface area contributed by atoms with Gasteiger partial charge in [-0.1, -0.05) is 37.8 Å². The Kier molecular flexibility index (Phi) is 2.92. The summed E-state index contributed by atoms with van der Waals surface area (Å²) < 4.78 is 5.02. The molecule has 0 amide bonds. The van der Waals surface area contributed by atoms with Crippen LogP contribution in [0.2, 0.25) is 0 Å². The summed E-state index contributed by atoms with van der Waals surface area (Å²) in [5.41, 5.74) is 2.39. The van der Waals surface area contributed by atoms with Crippen molar-refractivity contribution in [3.8, 4) is 0 Å². The van der Waals surface area contributed by atoms with Gasteiger partial charge in [0.05, 0.1) is 7.11 Å². The van der Waals surface area contributed by atoms with Crippen LogP contribution in [-0.4, -0.2) is 7.11 Å². The lowest BCUT2D eigenvalue weighted by molar-refractivity contribution is 0.371. The molecule has 0 saturated carbocycles. The maximum absolute atomic E-state index is 5.02. The Hall–Kier alpha value is -1.24. The predicted molar refractivity (Wildman–Crippen MR) is 54.0 cm³/mol. The molecule has 0 N–H and O–H groups in total. The summed E-state index contributed by atoms with van der Waals surface area (Å²) in [5.74, 6) is 0.720. The van der Waals surface area contributed by atoms with E-state index in [-0.39, 0.29) is 1.43 Å². The lowest BCUT2D eigenvalue weighted by Gasteiger charge is -2.04. The van der Waals surface area contributed by atoms with Crippen molar-refractivity contribution in [3.63, 3.8) is 0 Å². The standard InChI is InChI=1S/C11H14O.H2/c1-4-10-5-7-11(8-6-10)9(2)12-3;/h5-8H,2,4H2,1,3H3;1H. The zero-order valence-electron chi connectivity index (χ0n) is 7.63. The number of aryl methyl sites for hydroxylation is 1. The highest BCUT2D eigenvalue weighted by Gasteiger charge is 1.96. The van der Waals surface area contributed by atoms with Crippen molar-refractivity contribution < 1.29 is 6.16 Å². The molecule has 12 heavy (non-hydrogen) atoms. The largest absolute Gasteiger partial charge is 0.497 e. The van der Waals surface area contributed by atoms with E-state index in [1.54, 1.807) is 7.11 Å². The Morgan fingerprint density at radius 3 is 2.42 bits per heavy atom. The summed E-state index contributed by atoms with van der Waals surface area (Å²) in [6.07, 6.45) is 1.07. The maximum Gasteiger partial charge on any atom is 0.118 e. The minimum absolute atomic E-state index is 0. The van der Waals surface area contributed by atoms with Crippen molar-refractivity contribution in [2.45, 2.75) is 13.3 Å². The van der Waals surface area contributed by atoms with Crippen LogP contribution in [0, 0.1) is 0 Å². The van der Waals surface area contributed by atoms with E-state index in [2.05, 4.69) is 25.6 Å². The van der Waals surface area contributed by atoms with Crippen LogP contribution in [0.5, 0.6) is 0 Å². The van der Waals surface area contributed by atoms with Crippen molar-refractivity contribution in [2.75, 3.05) is 7.11 Å². The summed E-state index contributed by atoms with van der Waals surface area (Å²) in [6, 6.07) is 8.26. The zero-order valence-corrected chi connectivity index (χ0v) is 7.63. The van der Waals surface area contributed by atoms with Gasteiger partial charge < -0.3 is 4.74 Å². The van der Waals surface area contributed by atoms with Crippen LogP contribution in [-0.2, 0) is 11.2 Å². The average molecular weight is 164 g/mol. The fourth-order valence-corrected chi connectivity index (χ4v) is 1.04. The van der Waals surface area contributed by atoms with Crippen LogP contribution >= 0.6 is 0 Å². The molecule has 1 aromatic carbocycles. The molecule has 0 spiro atoms. The van der Waals surface area contributed by atoms with Gasteiger partial charge in [0.15, 0.2) is 0 Å². The van der Waals surface area contributed by atoms with Crippen molar-refractivity contribution >= 4 is 5.76 Å². The summed E-state index contributed by atoms with van der Waals surface area (Å²) in [5, 5.41) is 0. The topological polar surface area (TPSA) is 9.23 Å². The van der Waals surface area contributed by atoms with E-state index in [4.69, 9.17) is 4.74 Å². The Morgan fingerprint density at radius 2 is 2.00 bits per heavy atom. The Labute approximate surface area is 75.2 Å². The number of hydrogen-bond donors (Lipinski definition) is 0. The number of rotatable bonds is 3. The van der Waals surface area contributed by atoms with E-state index in [1.165, 1.54) is 5.56 Å². The molecule has 1 heteroatoms. The van der Waals surface area contributed by atoms with Crippen LogP contribution in [0.1, 0.15) is 19.5 Å². The lowest BCUT2D eigenvalue weighted by Crippen LogP contribution is -1.86. The van der Waals surface area contributed by atoms with Gasteiger partial charge in [0.1, 0.15) is 5.76 Å². The predicted octanol–water partition coefficient (Wildman–Crippen LogP) is 3.11. The first kappa shape index (κ1) is 8.85. The smallest absolute Gasteiger partial charge is 0.118 e. The average Bonchev–Trinajstić information content (AvgIpc) is 2.17. The molecule has 0 atom stereocenters. The number of hydrogen-bond acceptors (Lipinski definition) is 1. The van der Waals surface area contributed by atoms with E-state index in [0.29, 0.717) is 0 Å². The third kappa shape index (κ3) is 1.88. The van der Waals surface area contributed by atoms with Crippen LogP contribution in [0.4, 0.5) is 0 Å². The molecule has 0 aliphatic heterocycles. The zero-order chi connectivity index (χ0) is 8.97. The van der Waals surface area contributed by atoms with Gasteiger partial charge in [-0.15, -0.1) is 0 Å². The van der Waals surface area contributed by atoms with Crippen molar-refractivity contribution in [1.29, 1.82) is 0 Å². The number of methoxy groups -OCH3 is 1. The second kappa shape index (κ2) is 3.96. The molecule has 1 rings (SSSR count). The summed E-state index contributed by atoms with van der Waals surface area (Å²) >= 11 is 0. The highest BCUT2D eigenvalue weighted by molar-refractivity contribution is 5.57. The van der Waals surface area contributed by atoms with E-state index < -0.39 is 0 Å². The molecule has 1 nitrogen and oxygen atoms in total. The van der Waals surface area contributed by atoms with E-state index in [1.807, 2.05) is 12.1 Å². The fourth-order valence-electron chi connectivity index (χ4n) is 1.04. The fraction of sp³-hybridized carbons (Fsp3) is 0.273. The normalized spacial score (nSPS) is 9.50. The van der Waals surface area contributed by atoms with Gasteiger partial charge >= 0.3 is 0 Å². The molecule has 0 bridgehead atoms. The second-order valence-corrected chi connectivity index (χ2v) is 2.68. The summed E-state index contributed by atoms with van der Waals surface area (Å²) in [4.78, 5) is 0. The first-order valence-corrected chi connectivity index (χ1v) is 4.10. The number of ether oxygens (including phenoxy) is 1. The third-order valence-corrected chi connectivity index (χ3v) is 1.93. The molecule has 0 radical (unpaired) electrons. The second-order valence-electron chi connectivity index (χ2n) is 2.68. The Balaban J connectivity index is 0.00000144. The molecular formula is C11H16O. The summed E-state index contributed by atoms with van der Waals surface area (Å²) in [6.45, 7) is 5.92. The molecule has 0 aliphatic rings. The number of benzene rings is 1. The van der Waals surface area contributed by atoms with Crippen LogP contribution < -0.4 is 0 Å². The van der Waals surface area contributed by atoms with Gasteiger partial charge in [-0.3, -0.25) is 0 Å². The Bertz CT molecular complexity index is 264. The molecule has 0 fully saturated rings. The molecule has 0 heterocycles.